The van der Waals surface area contributed by atoms with Crippen molar-refractivity contribution in [1.29, 1.82) is 0 Å². The zero-order valence-corrected chi connectivity index (χ0v) is 14.5. The Balaban J connectivity index is 2.05. The second-order valence-corrected chi connectivity index (χ2v) is 5.83. The van der Waals surface area contributed by atoms with Crippen LogP contribution >= 0.6 is 11.6 Å². The van der Waals surface area contributed by atoms with Crippen LogP contribution in [-0.2, 0) is 4.79 Å². The third-order valence-corrected chi connectivity index (χ3v) is 3.90. The molecule has 0 amide bonds. The van der Waals surface area contributed by atoms with Gasteiger partial charge in [0.2, 0.25) is 0 Å². The van der Waals surface area contributed by atoms with E-state index in [0.717, 1.165) is 16.6 Å². The second-order valence-electron chi connectivity index (χ2n) is 5.42. The van der Waals surface area contributed by atoms with Gasteiger partial charge in [0.25, 0.3) is 0 Å². The van der Waals surface area contributed by atoms with Crippen molar-refractivity contribution in [3.05, 3.63) is 41.4 Å². The molecule has 2 aromatic carbocycles. The van der Waals surface area contributed by atoms with Gasteiger partial charge < -0.3 is 19.6 Å². The number of nitrogens with one attached hydrogen (secondary N) is 1. The molecule has 0 fully saturated rings. The predicted molar refractivity (Wildman–Crippen MR) is 95.4 cm³/mol. The third-order valence-electron chi connectivity index (χ3n) is 3.61. The van der Waals surface area contributed by atoms with Crippen molar-refractivity contribution in [2.75, 3.05) is 6.61 Å². The minimum absolute atomic E-state index is 0.207. The summed E-state index contributed by atoms with van der Waals surface area (Å²) in [6, 6.07) is 11.1. The van der Waals surface area contributed by atoms with E-state index in [1.165, 1.54) is 6.92 Å². The maximum Gasteiger partial charge on any atom is 0.344 e. The summed E-state index contributed by atoms with van der Waals surface area (Å²) >= 11 is 6.33. The summed E-state index contributed by atoms with van der Waals surface area (Å²) < 4.78 is 11.0. The highest BCUT2D eigenvalue weighted by molar-refractivity contribution is 6.32. The Labute approximate surface area is 149 Å². The van der Waals surface area contributed by atoms with Gasteiger partial charge in [-0.05, 0) is 38.1 Å². The SMILES string of the molecule is CCOc1cc(-c2nc3ccccc3[nH]2)cc(Cl)c1OC(C)C(=O)O. The third kappa shape index (κ3) is 3.53. The molecule has 0 spiro atoms. The maximum absolute atomic E-state index is 11.0. The Hall–Kier alpha value is -2.73. The number of aliphatic carboxylic acids is 1. The van der Waals surface area contributed by atoms with E-state index in [9.17, 15) is 4.79 Å². The van der Waals surface area contributed by atoms with E-state index < -0.39 is 12.1 Å². The van der Waals surface area contributed by atoms with E-state index in [1.807, 2.05) is 31.2 Å². The average Bonchev–Trinajstić information content (AvgIpc) is 3.01. The highest BCUT2D eigenvalue weighted by Crippen LogP contribution is 2.40. The van der Waals surface area contributed by atoms with Crippen LogP contribution in [0.4, 0.5) is 0 Å². The van der Waals surface area contributed by atoms with E-state index in [-0.39, 0.29) is 10.8 Å². The van der Waals surface area contributed by atoms with Gasteiger partial charge in [-0.3, -0.25) is 0 Å². The second kappa shape index (κ2) is 7.03. The van der Waals surface area contributed by atoms with Gasteiger partial charge in [0.05, 0.1) is 22.7 Å². The normalized spacial score (nSPS) is 12.1. The van der Waals surface area contributed by atoms with Crippen LogP contribution in [0.1, 0.15) is 13.8 Å². The first kappa shape index (κ1) is 17.1. The molecule has 0 aliphatic heterocycles. The molecule has 130 valence electrons. The molecule has 6 nitrogen and oxygen atoms in total. The lowest BCUT2D eigenvalue weighted by Gasteiger charge is -2.17. The van der Waals surface area contributed by atoms with Gasteiger partial charge in [-0.15, -0.1) is 0 Å². The quantitative estimate of drug-likeness (QED) is 0.690. The Morgan fingerprint density at radius 2 is 2.12 bits per heavy atom. The number of rotatable bonds is 6. The van der Waals surface area contributed by atoms with Crippen LogP contribution in [0.25, 0.3) is 22.4 Å². The number of carboxylic acids is 1. The molecule has 1 heterocycles. The van der Waals surface area contributed by atoms with Crippen LogP contribution in [0.5, 0.6) is 11.5 Å². The molecular weight excluding hydrogens is 344 g/mol. The summed E-state index contributed by atoms with van der Waals surface area (Å²) in [6.45, 7) is 3.64. The number of nitrogens with zero attached hydrogens (tertiary/aromatic N) is 1. The van der Waals surface area contributed by atoms with Gasteiger partial charge in [0, 0.05) is 5.56 Å². The summed E-state index contributed by atoms with van der Waals surface area (Å²) in [5, 5.41) is 9.30. The number of benzene rings is 2. The maximum atomic E-state index is 11.0. The van der Waals surface area contributed by atoms with Crippen molar-refractivity contribution in [3.63, 3.8) is 0 Å². The number of imidazole rings is 1. The molecular formula is C18H17ClN2O4. The fourth-order valence-corrected chi connectivity index (χ4v) is 2.65. The molecule has 1 unspecified atom stereocenters. The molecule has 1 aromatic heterocycles. The zero-order valence-electron chi connectivity index (χ0n) is 13.7. The van der Waals surface area contributed by atoms with Crippen LogP contribution in [0.15, 0.2) is 36.4 Å². The van der Waals surface area contributed by atoms with Crippen molar-refractivity contribution in [3.8, 4) is 22.9 Å². The monoisotopic (exact) mass is 360 g/mol. The lowest BCUT2D eigenvalue weighted by atomic mass is 10.2. The van der Waals surface area contributed by atoms with E-state index >= 15 is 0 Å². The highest BCUT2D eigenvalue weighted by atomic mass is 35.5. The minimum Gasteiger partial charge on any atom is -0.490 e. The zero-order chi connectivity index (χ0) is 18.0. The molecule has 3 rings (SSSR count). The Morgan fingerprint density at radius 3 is 2.80 bits per heavy atom. The summed E-state index contributed by atoms with van der Waals surface area (Å²) in [4.78, 5) is 18.8. The smallest absolute Gasteiger partial charge is 0.344 e. The number of H-pyrrole nitrogens is 1. The standard InChI is InChI=1S/C18H17ClN2O4/c1-3-24-15-9-11(8-12(19)16(15)25-10(2)18(22)23)17-20-13-6-4-5-7-14(13)21-17/h4-10H,3H2,1-2H3,(H,20,21)(H,22,23). The van der Waals surface area contributed by atoms with Crippen LogP contribution < -0.4 is 9.47 Å². The van der Waals surface area contributed by atoms with Gasteiger partial charge in [-0.1, -0.05) is 23.7 Å². The Morgan fingerprint density at radius 1 is 1.36 bits per heavy atom. The molecule has 3 aromatic rings. The fourth-order valence-electron chi connectivity index (χ4n) is 2.40. The largest absolute Gasteiger partial charge is 0.490 e. The van der Waals surface area contributed by atoms with Crippen molar-refractivity contribution in [2.45, 2.75) is 20.0 Å². The van der Waals surface area contributed by atoms with Gasteiger partial charge in [0.1, 0.15) is 5.82 Å². The molecule has 1 atom stereocenters. The van der Waals surface area contributed by atoms with E-state index in [1.54, 1.807) is 12.1 Å². The number of para-hydroxylation sites is 2. The van der Waals surface area contributed by atoms with Gasteiger partial charge >= 0.3 is 5.97 Å². The van der Waals surface area contributed by atoms with Gasteiger partial charge in [-0.2, -0.15) is 0 Å². The Bertz CT molecular complexity index is 890. The van der Waals surface area contributed by atoms with Gasteiger partial charge in [-0.25, -0.2) is 9.78 Å². The molecule has 7 heteroatoms. The molecule has 0 aliphatic rings. The molecule has 0 radical (unpaired) electrons. The highest BCUT2D eigenvalue weighted by Gasteiger charge is 2.20. The summed E-state index contributed by atoms with van der Waals surface area (Å²) in [6.07, 6.45) is -1.05. The molecule has 0 aliphatic carbocycles. The number of aromatic amines is 1. The first-order valence-corrected chi connectivity index (χ1v) is 8.18. The van der Waals surface area contributed by atoms with Crippen molar-refractivity contribution < 1.29 is 19.4 Å². The first-order valence-electron chi connectivity index (χ1n) is 7.80. The van der Waals surface area contributed by atoms with E-state index in [2.05, 4.69) is 9.97 Å². The number of aromatic nitrogens is 2. The van der Waals surface area contributed by atoms with Crippen LogP contribution in [-0.4, -0.2) is 33.8 Å². The number of carbonyl (C=O) groups is 1. The van der Waals surface area contributed by atoms with Crippen molar-refractivity contribution >= 4 is 28.6 Å². The number of fused-ring (bicyclic) bond motifs is 1. The summed E-state index contributed by atoms with van der Waals surface area (Å²) in [5.41, 5.74) is 2.47. The lowest BCUT2D eigenvalue weighted by Crippen LogP contribution is -2.23. The van der Waals surface area contributed by atoms with Crippen LogP contribution in [0, 0.1) is 0 Å². The summed E-state index contributed by atoms with van der Waals surface area (Å²) in [5.74, 6) is 0.138. The van der Waals surface area contributed by atoms with Crippen molar-refractivity contribution in [2.24, 2.45) is 0 Å². The Kier molecular flexibility index (Phi) is 4.81. The lowest BCUT2D eigenvalue weighted by molar-refractivity contribution is -0.144. The topological polar surface area (TPSA) is 84.4 Å². The number of ether oxygens (including phenoxy) is 2. The molecule has 0 saturated heterocycles. The van der Waals surface area contributed by atoms with Crippen molar-refractivity contribution in [1.82, 2.24) is 9.97 Å². The minimum atomic E-state index is -1.08. The number of hydrogen-bond acceptors (Lipinski definition) is 4. The molecule has 0 saturated carbocycles. The molecule has 2 N–H and O–H groups in total. The number of hydrogen-bond donors (Lipinski definition) is 2. The fraction of sp³-hybridized carbons (Fsp3) is 0.222. The molecule has 0 bridgehead atoms. The number of halogens is 1. The average molecular weight is 361 g/mol. The van der Waals surface area contributed by atoms with E-state index in [0.29, 0.717) is 18.2 Å². The predicted octanol–water partition coefficient (Wildman–Crippen LogP) is 4.13. The first-order chi connectivity index (χ1) is 12.0. The van der Waals surface area contributed by atoms with Crippen LogP contribution in [0.3, 0.4) is 0 Å². The van der Waals surface area contributed by atoms with Crippen LogP contribution in [0.2, 0.25) is 5.02 Å². The van der Waals surface area contributed by atoms with Gasteiger partial charge in [0.15, 0.2) is 17.6 Å². The summed E-state index contributed by atoms with van der Waals surface area (Å²) in [7, 11) is 0. The number of carboxylic acid groups (broad SMARTS) is 1. The van der Waals surface area contributed by atoms with E-state index in [4.69, 9.17) is 26.2 Å². The molecule has 25 heavy (non-hydrogen) atoms.